The van der Waals surface area contributed by atoms with Crippen LogP contribution in [0.25, 0.3) is 11.2 Å². The summed E-state index contributed by atoms with van der Waals surface area (Å²) in [5.74, 6) is 0. The smallest absolute Gasteiger partial charge is 0.181 e. The monoisotopic (exact) mass is 286 g/mol. The molecule has 0 saturated heterocycles. The van der Waals surface area contributed by atoms with E-state index in [0.29, 0.717) is 5.65 Å². The predicted octanol–water partition coefficient (Wildman–Crippen LogP) is 2.18. The van der Waals surface area contributed by atoms with E-state index in [1.54, 1.807) is 12.5 Å². The van der Waals surface area contributed by atoms with Crippen molar-refractivity contribution in [1.82, 2.24) is 30.2 Å². The molecular formula is C13H14N6S. The normalized spacial score (nSPS) is 12.7. The summed E-state index contributed by atoms with van der Waals surface area (Å²) in [6.45, 7) is 2.10. The van der Waals surface area contributed by atoms with Crippen LogP contribution in [0.3, 0.4) is 0 Å². The van der Waals surface area contributed by atoms with Gasteiger partial charge in [-0.25, -0.2) is 19.9 Å². The summed E-state index contributed by atoms with van der Waals surface area (Å²) < 4.78 is 0. The van der Waals surface area contributed by atoms with Crippen LogP contribution in [0, 0.1) is 0 Å². The van der Waals surface area contributed by atoms with Crippen LogP contribution in [0.5, 0.6) is 0 Å². The van der Waals surface area contributed by atoms with Crippen LogP contribution in [0.2, 0.25) is 0 Å². The standard InChI is InChI=1S/C13H14N6S/c1-8(14-2)9-4-3-5-15-12(9)20-13-10-11(17-6-16-10)18-7-19-13/h3-8,14H,1-2H3,(H,16,17,18,19). The number of rotatable bonds is 4. The molecule has 1 atom stereocenters. The van der Waals surface area contributed by atoms with Crippen molar-refractivity contribution in [3.63, 3.8) is 0 Å². The van der Waals surface area contributed by atoms with Crippen LogP contribution in [-0.2, 0) is 0 Å². The molecule has 7 heteroatoms. The molecule has 0 aromatic carbocycles. The van der Waals surface area contributed by atoms with E-state index >= 15 is 0 Å². The molecule has 0 aliphatic carbocycles. The summed E-state index contributed by atoms with van der Waals surface area (Å²) in [5.41, 5.74) is 2.65. The maximum absolute atomic E-state index is 4.46. The highest BCUT2D eigenvalue weighted by Gasteiger charge is 2.14. The lowest BCUT2D eigenvalue weighted by atomic mass is 10.1. The lowest BCUT2D eigenvalue weighted by Gasteiger charge is -2.13. The lowest BCUT2D eigenvalue weighted by Crippen LogP contribution is -2.13. The lowest BCUT2D eigenvalue weighted by molar-refractivity contribution is 0.634. The summed E-state index contributed by atoms with van der Waals surface area (Å²) in [6.07, 6.45) is 4.94. The zero-order valence-electron chi connectivity index (χ0n) is 11.2. The maximum atomic E-state index is 4.46. The number of imidazole rings is 1. The minimum absolute atomic E-state index is 0.227. The van der Waals surface area contributed by atoms with E-state index in [4.69, 9.17) is 0 Å². The molecule has 1 unspecified atom stereocenters. The van der Waals surface area contributed by atoms with Gasteiger partial charge in [0.25, 0.3) is 0 Å². The number of hydrogen-bond acceptors (Lipinski definition) is 6. The van der Waals surface area contributed by atoms with Gasteiger partial charge in [0.05, 0.1) is 6.33 Å². The van der Waals surface area contributed by atoms with Gasteiger partial charge in [0.15, 0.2) is 5.65 Å². The largest absolute Gasteiger partial charge is 0.341 e. The fourth-order valence-electron chi connectivity index (χ4n) is 1.89. The quantitative estimate of drug-likeness (QED) is 0.716. The summed E-state index contributed by atoms with van der Waals surface area (Å²) in [6, 6.07) is 4.24. The molecule has 0 aliphatic rings. The van der Waals surface area contributed by atoms with Crippen molar-refractivity contribution in [3.8, 4) is 0 Å². The van der Waals surface area contributed by atoms with Crippen LogP contribution in [0.15, 0.2) is 41.0 Å². The number of aromatic amines is 1. The topological polar surface area (TPSA) is 79.4 Å². The average Bonchev–Trinajstić information content (AvgIpc) is 2.96. The number of nitrogens with one attached hydrogen (secondary N) is 2. The van der Waals surface area contributed by atoms with Crippen molar-refractivity contribution >= 4 is 22.9 Å². The molecule has 3 heterocycles. The zero-order valence-corrected chi connectivity index (χ0v) is 12.0. The molecule has 2 N–H and O–H groups in total. The molecule has 6 nitrogen and oxygen atoms in total. The van der Waals surface area contributed by atoms with E-state index in [0.717, 1.165) is 21.1 Å². The van der Waals surface area contributed by atoms with Gasteiger partial charge in [0.2, 0.25) is 0 Å². The minimum Gasteiger partial charge on any atom is -0.341 e. The summed E-state index contributed by atoms with van der Waals surface area (Å²) in [4.78, 5) is 20.1. The molecule has 0 spiro atoms. The molecule has 0 radical (unpaired) electrons. The molecule has 20 heavy (non-hydrogen) atoms. The fourth-order valence-corrected chi connectivity index (χ4v) is 2.90. The Kier molecular flexibility index (Phi) is 3.62. The van der Waals surface area contributed by atoms with E-state index in [9.17, 15) is 0 Å². The Hall–Kier alpha value is -1.99. The number of hydrogen-bond donors (Lipinski definition) is 2. The van der Waals surface area contributed by atoms with Crippen LogP contribution < -0.4 is 5.32 Å². The molecule has 0 aliphatic heterocycles. The molecule has 0 fully saturated rings. The maximum Gasteiger partial charge on any atom is 0.181 e. The Balaban J connectivity index is 2.01. The number of pyridine rings is 1. The van der Waals surface area contributed by atoms with Gasteiger partial charge in [-0.1, -0.05) is 6.07 Å². The van der Waals surface area contributed by atoms with Gasteiger partial charge in [-0.3, -0.25) is 0 Å². The van der Waals surface area contributed by atoms with E-state index < -0.39 is 0 Å². The van der Waals surface area contributed by atoms with Gasteiger partial charge < -0.3 is 10.3 Å². The third-order valence-electron chi connectivity index (χ3n) is 3.08. The van der Waals surface area contributed by atoms with Gasteiger partial charge in [-0.15, -0.1) is 0 Å². The van der Waals surface area contributed by atoms with E-state index in [2.05, 4.69) is 43.2 Å². The van der Waals surface area contributed by atoms with Crippen molar-refractivity contribution in [1.29, 1.82) is 0 Å². The SMILES string of the molecule is CNC(C)c1cccnc1Sc1ncnc2nc[nH]c12. The molecule has 3 aromatic heterocycles. The number of nitrogens with zero attached hydrogens (tertiary/aromatic N) is 4. The first-order chi connectivity index (χ1) is 9.79. The Morgan fingerprint density at radius 2 is 2.10 bits per heavy atom. The summed E-state index contributed by atoms with van der Waals surface area (Å²) in [7, 11) is 1.93. The summed E-state index contributed by atoms with van der Waals surface area (Å²) in [5, 5.41) is 5.00. The Labute approximate surface area is 120 Å². The minimum atomic E-state index is 0.227. The second-order valence-electron chi connectivity index (χ2n) is 4.29. The third-order valence-corrected chi connectivity index (χ3v) is 4.12. The first kappa shape index (κ1) is 13.0. The first-order valence-electron chi connectivity index (χ1n) is 6.23. The number of aromatic nitrogens is 5. The van der Waals surface area contributed by atoms with Crippen LogP contribution >= 0.6 is 11.8 Å². The zero-order chi connectivity index (χ0) is 13.9. The third kappa shape index (κ3) is 2.37. The highest BCUT2D eigenvalue weighted by molar-refractivity contribution is 7.99. The number of fused-ring (bicyclic) bond motifs is 1. The summed E-state index contributed by atoms with van der Waals surface area (Å²) >= 11 is 1.52. The molecule has 0 amide bonds. The van der Waals surface area contributed by atoms with Gasteiger partial charge in [-0.2, -0.15) is 0 Å². The van der Waals surface area contributed by atoms with Crippen LogP contribution in [-0.4, -0.2) is 32.0 Å². The predicted molar refractivity (Wildman–Crippen MR) is 77.5 cm³/mol. The van der Waals surface area contributed by atoms with Crippen molar-refractivity contribution in [2.24, 2.45) is 0 Å². The van der Waals surface area contributed by atoms with Crippen LogP contribution in [0.4, 0.5) is 0 Å². The molecular weight excluding hydrogens is 272 g/mol. The van der Waals surface area contributed by atoms with E-state index in [1.165, 1.54) is 18.1 Å². The second kappa shape index (κ2) is 5.56. The second-order valence-corrected chi connectivity index (χ2v) is 5.27. The Morgan fingerprint density at radius 1 is 1.20 bits per heavy atom. The van der Waals surface area contributed by atoms with Gasteiger partial charge in [0.1, 0.15) is 21.9 Å². The van der Waals surface area contributed by atoms with Gasteiger partial charge in [-0.05, 0) is 31.8 Å². The highest BCUT2D eigenvalue weighted by Crippen LogP contribution is 2.32. The molecule has 102 valence electrons. The van der Waals surface area contributed by atoms with Gasteiger partial charge >= 0.3 is 0 Å². The molecule has 0 bridgehead atoms. The number of H-pyrrole nitrogens is 1. The van der Waals surface area contributed by atoms with Crippen molar-refractivity contribution in [2.45, 2.75) is 23.0 Å². The van der Waals surface area contributed by atoms with E-state index in [-0.39, 0.29) is 6.04 Å². The molecule has 3 rings (SSSR count). The molecule has 0 saturated carbocycles. The molecule has 3 aromatic rings. The van der Waals surface area contributed by atoms with Crippen molar-refractivity contribution in [2.75, 3.05) is 7.05 Å². The van der Waals surface area contributed by atoms with Gasteiger partial charge in [0, 0.05) is 17.8 Å². The first-order valence-corrected chi connectivity index (χ1v) is 7.05. The fraction of sp³-hybridized carbons (Fsp3) is 0.231. The average molecular weight is 286 g/mol. The van der Waals surface area contributed by atoms with Crippen LogP contribution in [0.1, 0.15) is 18.5 Å². The highest BCUT2D eigenvalue weighted by atomic mass is 32.2. The Bertz CT molecular complexity index is 725. The van der Waals surface area contributed by atoms with E-state index in [1.807, 2.05) is 13.1 Å². The Morgan fingerprint density at radius 3 is 2.95 bits per heavy atom. The van der Waals surface area contributed by atoms with Crippen molar-refractivity contribution < 1.29 is 0 Å². The van der Waals surface area contributed by atoms with Crippen molar-refractivity contribution in [3.05, 3.63) is 36.5 Å².